The highest BCUT2D eigenvalue weighted by atomic mass is 16.6. The smallest absolute Gasteiger partial charge is 0.203 e. The van der Waals surface area contributed by atoms with Crippen LogP contribution in [-0.2, 0) is 6.54 Å². The van der Waals surface area contributed by atoms with Crippen LogP contribution in [0.2, 0.25) is 0 Å². The highest BCUT2D eigenvalue weighted by Crippen LogP contribution is 2.40. The Morgan fingerprint density at radius 1 is 1.25 bits per heavy atom. The van der Waals surface area contributed by atoms with Crippen LogP contribution < -0.4 is 19.5 Å². The molecule has 0 radical (unpaired) electrons. The first-order valence-electron chi connectivity index (χ1n) is 7.21. The van der Waals surface area contributed by atoms with E-state index in [2.05, 4.69) is 17.5 Å². The van der Waals surface area contributed by atoms with E-state index in [1.807, 2.05) is 12.1 Å². The van der Waals surface area contributed by atoms with E-state index in [1.165, 1.54) is 18.4 Å². The molecule has 4 heteroatoms. The van der Waals surface area contributed by atoms with Crippen molar-refractivity contribution in [3.63, 3.8) is 0 Å². The lowest BCUT2D eigenvalue weighted by atomic mass is 10.0. The van der Waals surface area contributed by atoms with Gasteiger partial charge < -0.3 is 19.5 Å². The summed E-state index contributed by atoms with van der Waals surface area (Å²) in [5.41, 5.74) is 1.17. The van der Waals surface area contributed by atoms with Gasteiger partial charge in [-0.05, 0) is 37.0 Å². The number of benzene rings is 1. The van der Waals surface area contributed by atoms with Gasteiger partial charge in [0, 0.05) is 12.6 Å². The molecule has 0 saturated carbocycles. The Bertz CT molecular complexity index is 481. The SMILES string of the molecule is COc1cc(CNC2CC=CCC2)cc2c1OCCO2. The molecule has 108 valence electrons. The maximum Gasteiger partial charge on any atom is 0.203 e. The second-order valence-electron chi connectivity index (χ2n) is 5.18. The Hall–Kier alpha value is -1.68. The van der Waals surface area contributed by atoms with Crippen LogP contribution in [0.4, 0.5) is 0 Å². The summed E-state index contributed by atoms with van der Waals surface area (Å²) in [4.78, 5) is 0. The van der Waals surface area contributed by atoms with Crippen LogP contribution in [-0.4, -0.2) is 26.4 Å². The molecule has 0 aromatic heterocycles. The molecule has 0 amide bonds. The summed E-state index contributed by atoms with van der Waals surface area (Å²) in [6.45, 7) is 2.00. The highest BCUT2D eigenvalue weighted by Gasteiger charge is 2.18. The van der Waals surface area contributed by atoms with Gasteiger partial charge in [0.25, 0.3) is 0 Å². The molecule has 1 aromatic carbocycles. The van der Waals surface area contributed by atoms with Gasteiger partial charge in [0.2, 0.25) is 5.75 Å². The molecule has 2 aliphatic rings. The van der Waals surface area contributed by atoms with Crippen LogP contribution in [0.1, 0.15) is 24.8 Å². The van der Waals surface area contributed by atoms with Gasteiger partial charge in [0.15, 0.2) is 11.5 Å². The number of allylic oxidation sites excluding steroid dienone is 1. The molecule has 1 heterocycles. The van der Waals surface area contributed by atoms with E-state index in [1.54, 1.807) is 7.11 Å². The van der Waals surface area contributed by atoms with Crippen LogP contribution in [0.25, 0.3) is 0 Å². The molecule has 0 bridgehead atoms. The van der Waals surface area contributed by atoms with Crippen LogP contribution in [0.5, 0.6) is 17.2 Å². The standard InChI is InChI=1S/C16H21NO3/c1-18-14-9-12(10-15-16(14)20-8-7-19-15)11-17-13-5-3-2-4-6-13/h2-3,9-10,13,17H,4-8,11H2,1H3. The molecule has 0 spiro atoms. The third-order valence-electron chi connectivity index (χ3n) is 3.75. The van der Waals surface area contributed by atoms with Gasteiger partial charge in [-0.1, -0.05) is 12.2 Å². The number of methoxy groups -OCH3 is 1. The van der Waals surface area contributed by atoms with Gasteiger partial charge in [0.05, 0.1) is 7.11 Å². The maximum absolute atomic E-state index is 5.65. The Morgan fingerprint density at radius 3 is 2.95 bits per heavy atom. The van der Waals surface area contributed by atoms with Crippen molar-refractivity contribution >= 4 is 0 Å². The molecule has 1 aliphatic heterocycles. The fraction of sp³-hybridized carbons (Fsp3) is 0.500. The number of hydrogen-bond acceptors (Lipinski definition) is 4. The summed E-state index contributed by atoms with van der Waals surface area (Å²) in [5, 5.41) is 3.59. The zero-order valence-corrected chi connectivity index (χ0v) is 11.9. The molecule has 3 rings (SSSR count). The number of fused-ring (bicyclic) bond motifs is 1. The summed E-state index contributed by atoms with van der Waals surface area (Å²) < 4.78 is 16.7. The van der Waals surface area contributed by atoms with E-state index in [9.17, 15) is 0 Å². The number of hydrogen-bond donors (Lipinski definition) is 1. The van der Waals surface area contributed by atoms with Gasteiger partial charge in [-0.15, -0.1) is 0 Å². The Balaban J connectivity index is 1.71. The summed E-state index contributed by atoms with van der Waals surface area (Å²) in [5.74, 6) is 2.27. The Kier molecular flexibility index (Phi) is 4.11. The lowest BCUT2D eigenvalue weighted by molar-refractivity contribution is 0.165. The van der Waals surface area contributed by atoms with E-state index in [-0.39, 0.29) is 0 Å². The van der Waals surface area contributed by atoms with E-state index in [0.29, 0.717) is 19.3 Å². The number of ether oxygens (including phenoxy) is 3. The molecular formula is C16H21NO3. The molecule has 1 N–H and O–H groups in total. The van der Waals surface area contributed by atoms with Crippen LogP contribution in [0.15, 0.2) is 24.3 Å². The third kappa shape index (κ3) is 2.90. The Labute approximate surface area is 119 Å². The molecule has 0 fully saturated rings. The first-order valence-corrected chi connectivity index (χ1v) is 7.21. The van der Waals surface area contributed by atoms with Gasteiger partial charge >= 0.3 is 0 Å². The summed E-state index contributed by atoms with van der Waals surface area (Å²) in [6, 6.07) is 4.64. The van der Waals surface area contributed by atoms with Crippen molar-refractivity contribution in [1.29, 1.82) is 0 Å². The van der Waals surface area contributed by atoms with Gasteiger partial charge in [0.1, 0.15) is 13.2 Å². The van der Waals surface area contributed by atoms with Gasteiger partial charge in [-0.2, -0.15) is 0 Å². The first-order chi connectivity index (χ1) is 9.86. The molecule has 20 heavy (non-hydrogen) atoms. The second kappa shape index (κ2) is 6.18. The molecule has 4 nitrogen and oxygen atoms in total. The lowest BCUT2D eigenvalue weighted by Crippen LogP contribution is -2.29. The van der Waals surface area contributed by atoms with Crippen molar-refractivity contribution < 1.29 is 14.2 Å². The number of rotatable bonds is 4. The van der Waals surface area contributed by atoms with E-state index in [4.69, 9.17) is 14.2 Å². The monoisotopic (exact) mass is 275 g/mol. The molecule has 0 saturated heterocycles. The fourth-order valence-corrected chi connectivity index (χ4v) is 2.67. The van der Waals surface area contributed by atoms with E-state index >= 15 is 0 Å². The summed E-state index contributed by atoms with van der Waals surface area (Å²) >= 11 is 0. The van der Waals surface area contributed by atoms with E-state index in [0.717, 1.165) is 30.2 Å². The fourth-order valence-electron chi connectivity index (χ4n) is 2.67. The van der Waals surface area contributed by atoms with Gasteiger partial charge in [-0.25, -0.2) is 0 Å². The van der Waals surface area contributed by atoms with E-state index < -0.39 is 0 Å². The van der Waals surface area contributed by atoms with Crippen LogP contribution >= 0.6 is 0 Å². The zero-order chi connectivity index (χ0) is 13.8. The minimum atomic E-state index is 0.569. The van der Waals surface area contributed by atoms with Crippen LogP contribution in [0, 0.1) is 0 Å². The van der Waals surface area contributed by atoms with Crippen molar-refractivity contribution in [2.75, 3.05) is 20.3 Å². The molecule has 1 aliphatic carbocycles. The lowest BCUT2D eigenvalue weighted by Gasteiger charge is -2.23. The molecule has 1 atom stereocenters. The van der Waals surface area contributed by atoms with Crippen LogP contribution in [0.3, 0.4) is 0 Å². The predicted octanol–water partition coefficient (Wildman–Crippen LogP) is 2.66. The average Bonchev–Trinajstić information content (AvgIpc) is 2.53. The highest BCUT2D eigenvalue weighted by molar-refractivity contribution is 5.54. The van der Waals surface area contributed by atoms with Crippen molar-refractivity contribution in [3.05, 3.63) is 29.8 Å². The molecule has 1 aromatic rings. The predicted molar refractivity (Wildman–Crippen MR) is 77.6 cm³/mol. The van der Waals surface area contributed by atoms with Crippen molar-refractivity contribution in [1.82, 2.24) is 5.32 Å². The third-order valence-corrected chi connectivity index (χ3v) is 3.75. The quantitative estimate of drug-likeness (QED) is 0.858. The first kappa shape index (κ1) is 13.3. The minimum Gasteiger partial charge on any atom is -0.493 e. The van der Waals surface area contributed by atoms with Gasteiger partial charge in [-0.3, -0.25) is 0 Å². The molecule has 1 unspecified atom stereocenters. The van der Waals surface area contributed by atoms with Crippen molar-refractivity contribution in [3.8, 4) is 17.2 Å². The summed E-state index contributed by atoms with van der Waals surface area (Å²) in [7, 11) is 1.66. The van der Waals surface area contributed by atoms with Crippen molar-refractivity contribution in [2.45, 2.75) is 31.8 Å². The Morgan fingerprint density at radius 2 is 2.15 bits per heavy atom. The normalized spacial score (nSPS) is 20.8. The summed E-state index contributed by atoms with van der Waals surface area (Å²) in [6.07, 6.45) is 8.00. The minimum absolute atomic E-state index is 0.569. The molecular weight excluding hydrogens is 254 g/mol. The zero-order valence-electron chi connectivity index (χ0n) is 11.9. The largest absolute Gasteiger partial charge is 0.493 e. The topological polar surface area (TPSA) is 39.7 Å². The second-order valence-corrected chi connectivity index (χ2v) is 5.18. The van der Waals surface area contributed by atoms with Crippen molar-refractivity contribution in [2.24, 2.45) is 0 Å². The number of nitrogens with one attached hydrogen (secondary N) is 1. The average molecular weight is 275 g/mol. The maximum atomic E-state index is 5.65.